The lowest BCUT2D eigenvalue weighted by atomic mass is 10.1. The van der Waals surface area contributed by atoms with Crippen LogP contribution >= 0.6 is 23.5 Å². The van der Waals surface area contributed by atoms with E-state index in [2.05, 4.69) is 56.3 Å². The number of nitrogens with one attached hydrogen (secondary N) is 1. The Bertz CT molecular complexity index is 208. The summed E-state index contributed by atoms with van der Waals surface area (Å²) < 4.78 is 0. The van der Waals surface area contributed by atoms with E-state index in [-0.39, 0.29) is 0 Å². The van der Waals surface area contributed by atoms with Crippen molar-refractivity contribution in [2.24, 2.45) is 0 Å². The van der Waals surface area contributed by atoms with E-state index in [0.717, 1.165) is 22.2 Å². The predicted molar refractivity (Wildman–Crippen MR) is 79.7 cm³/mol. The van der Waals surface area contributed by atoms with Crippen LogP contribution < -0.4 is 5.32 Å². The second-order valence-electron chi connectivity index (χ2n) is 4.53. The van der Waals surface area contributed by atoms with Crippen LogP contribution in [0.25, 0.3) is 0 Å². The fourth-order valence-electron chi connectivity index (χ4n) is 2.02. The van der Waals surface area contributed by atoms with Gasteiger partial charge in [-0.25, -0.2) is 0 Å². The Kier molecular flexibility index (Phi) is 6.94. The quantitative estimate of drug-likeness (QED) is 0.579. The second kappa shape index (κ2) is 7.67. The molecular formula is C13H25NS2. The minimum Gasteiger partial charge on any atom is -0.316 e. The molecule has 0 aliphatic carbocycles. The third-order valence-corrected chi connectivity index (χ3v) is 6.87. The lowest BCUT2D eigenvalue weighted by molar-refractivity contribution is 0.503. The molecule has 1 aliphatic rings. The topological polar surface area (TPSA) is 12.0 Å². The molecule has 1 nitrogen and oxygen atoms in total. The molecular weight excluding hydrogens is 234 g/mol. The summed E-state index contributed by atoms with van der Waals surface area (Å²) in [6, 6.07) is 0.674. The highest BCUT2D eigenvalue weighted by Crippen LogP contribution is 2.37. The van der Waals surface area contributed by atoms with Gasteiger partial charge in [0.2, 0.25) is 0 Å². The molecule has 0 radical (unpaired) electrons. The Morgan fingerprint density at radius 3 is 2.75 bits per heavy atom. The van der Waals surface area contributed by atoms with Crippen LogP contribution in [-0.2, 0) is 0 Å². The molecule has 0 amide bonds. The van der Waals surface area contributed by atoms with Gasteiger partial charge in [0.15, 0.2) is 0 Å². The number of unbranched alkanes of at least 4 members (excludes halogenated alkanes) is 1. The monoisotopic (exact) mass is 259 g/mol. The lowest BCUT2D eigenvalue weighted by Gasteiger charge is -2.35. The zero-order chi connectivity index (χ0) is 12.0. The average Bonchev–Trinajstić information content (AvgIpc) is 2.29. The first-order chi connectivity index (χ1) is 7.69. The molecule has 16 heavy (non-hydrogen) atoms. The highest BCUT2D eigenvalue weighted by atomic mass is 32.2. The predicted octanol–water partition coefficient (Wildman–Crippen LogP) is 3.56. The summed E-state index contributed by atoms with van der Waals surface area (Å²) in [5.74, 6) is 1.30. The first-order valence-electron chi connectivity index (χ1n) is 6.24. The first-order valence-corrected chi connectivity index (χ1v) is 8.23. The smallest absolute Gasteiger partial charge is 0.0294 e. The van der Waals surface area contributed by atoms with Gasteiger partial charge in [0.05, 0.1) is 0 Å². The Balaban J connectivity index is 2.37. The molecule has 0 saturated carbocycles. The van der Waals surface area contributed by atoms with Gasteiger partial charge >= 0.3 is 0 Å². The number of rotatable bonds is 6. The van der Waals surface area contributed by atoms with Crippen molar-refractivity contribution in [1.29, 1.82) is 0 Å². The number of allylic oxidation sites excluding steroid dienone is 1. The van der Waals surface area contributed by atoms with Gasteiger partial charge < -0.3 is 5.32 Å². The van der Waals surface area contributed by atoms with Crippen molar-refractivity contribution in [3.63, 3.8) is 0 Å². The number of thioether (sulfide) groups is 2. The Labute approximate surface area is 109 Å². The summed E-state index contributed by atoms with van der Waals surface area (Å²) in [4.78, 5) is 0. The fraction of sp³-hybridized carbons (Fsp3) is 0.846. The molecule has 3 heteroatoms. The summed E-state index contributed by atoms with van der Waals surface area (Å²) in [5, 5.41) is 5.88. The number of hydrogen-bond acceptors (Lipinski definition) is 3. The highest BCUT2D eigenvalue weighted by molar-refractivity contribution is 8.07. The normalized spacial score (nSPS) is 32.3. The van der Waals surface area contributed by atoms with E-state index < -0.39 is 0 Å². The number of hydrogen-bond donors (Lipinski definition) is 1. The van der Waals surface area contributed by atoms with Gasteiger partial charge in [-0.1, -0.05) is 19.9 Å². The van der Waals surface area contributed by atoms with Crippen LogP contribution in [0.3, 0.4) is 0 Å². The summed E-state index contributed by atoms with van der Waals surface area (Å²) >= 11 is 4.31. The minimum atomic E-state index is 0.674. The van der Waals surface area contributed by atoms with E-state index in [4.69, 9.17) is 0 Å². The Morgan fingerprint density at radius 1 is 1.44 bits per heavy atom. The fourth-order valence-corrected chi connectivity index (χ4v) is 5.23. The van der Waals surface area contributed by atoms with Gasteiger partial charge in [0, 0.05) is 27.5 Å². The molecule has 4 atom stereocenters. The molecule has 0 bridgehead atoms. The molecule has 4 unspecified atom stereocenters. The maximum atomic E-state index is 3.79. The molecule has 0 aromatic heterocycles. The van der Waals surface area contributed by atoms with Crippen molar-refractivity contribution in [3.8, 4) is 0 Å². The van der Waals surface area contributed by atoms with Crippen molar-refractivity contribution in [1.82, 2.24) is 5.32 Å². The molecule has 1 fully saturated rings. The molecule has 0 spiro atoms. The molecule has 1 rings (SSSR count). The van der Waals surface area contributed by atoms with Crippen LogP contribution in [-0.4, -0.2) is 34.6 Å². The van der Waals surface area contributed by atoms with Crippen molar-refractivity contribution in [2.45, 2.75) is 54.9 Å². The van der Waals surface area contributed by atoms with E-state index in [0.29, 0.717) is 6.04 Å². The van der Waals surface area contributed by atoms with Crippen molar-refractivity contribution >= 4 is 23.5 Å². The lowest BCUT2D eigenvalue weighted by Crippen LogP contribution is -2.41. The van der Waals surface area contributed by atoms with Crippen LogP contribution in [0.4, 0.5) is 0 Å². The first kappa shape index (κ1) is 14.5. The molecule has 0 aromatic rings. The van der Waals surface area contributed by atoms with E-state index in [9.17, 15) is 0 Å². The van der Waals surface area contributed by atoms with Gasteiger partial charge in [-0.05, 0) is 26.3 Å². The van der Waals surface area contributed by atoms with E-state index >= 15 is 0 Å². The van der Waals surface area contributed by atoms with Crippen molar-refractivity contribution < 1.29 is 0 Å². The third kappa shape index (κ3) is 4.34. The molecule has 1 saturated heterocycles. The summed E-state index contributed by atoms with van der Waals surface area (Å²) in [6.45, 7) is 8.51. The van der Waals surface area contributed by atoms with Gasteiger partial charge in [-0.15, -0.1) is 6.58 Å². The van der Waals surface area contributed by atoms with Crippen LogP contribution in [0, 0.1) is 0 Å². The van der Waals surface area contributed by atoms with E-state index in [1.165, 1.54) is 18.6 Å². The van der Waals surface area contributed by atoms with Gasteiger partial charge in [-0.3, -0.25) is 0 Å². The zero-order valence-corrected chi connectivity index (χ0v) is 12.4. The standard InChI is InChI=1S/C13H25NS2/c1-5-6-7-8-12(14-4)13-9-15-10(2)11(3)16-13/h5,10-14H,1,6-9H2,2-4H3. The van der Waals surface area contributed by atoms with Crippen LogP contribution in [0.1, 0.15) is 33.1 Å². The second-order valence-corrected chi connectivity index (χ2v) is 7.56. The van der Waals surface area contributed by atoms with Crippen LogP contribution in [0.5, 0.6) is 0 Å². The SMILES string of the molecule is C=CCCCC(NC)C1CSC(C)C(C)S1. The van der Waals surface area contributed by atoms with Gasteiger partial charge in [0.1, 0.15) is 0 Å². The summed E-state index contributed by atoms with van der Waals surface area (Å²) in [7, 11) is 2.10. The zero-order valence-electron chi connectivity index (χ0n) is 10.7. The summed E-state index contributed by atoms with van der Waals surface area (Å²) in [5.41, 5.74) is 0. The average molecular weight is 259 g/mol. The third-order valence-electron chi connectivity index (χ3n) is 3.32. The molecule has 1 heterocycles. The maximum Gasteiger partial charge on any atom is 0.0294 e. The van der Waals surface area contributed by atoms with E-state index in [1.807, 2.05) is 6.08 Å². The van der Waals surface area contributed by atoms with Gasteiger partial charge in [-0.2, -0.15) is 23.5 Å². The summed E-state index contributed by atoms with van der Waals surface area (Å²) in [6.07, 6.45) is 5.72. The van der Waals surface area contributed by atoms with Crippen molar-refractivity contribution in [2.75, 3.05) is 12.8 Å². The Morgan fingerprint density at radius 2 is 2.19 bits per heavy atom. The molecule has 1 N–H and O–H groups in total. The van der Waals surface area contributed by atoms with E-state index in [1.54, 1.807) is 0 Å². The minimum absolute atomic E-state index is 0.674. The van der Waals surface area contributed by atoms with Crippen LogP contribution in [0.15, 0.2) is 12.7 Å². The largest absolute Gasteiger partial charge is 0.316 e. The molecule has 1 aliphatic heterocycles. The molecule has 0 aromatic carbocycles. The van der Waals surface area contributed by atoms with Crippen molar-refractivity contribution in [3.05, 3.63) is 12.7 Å². The maximum absolute atomic E-state index is 3.79. The highest BCUT2D eigenvalue weighted by Gasteiger charge is 2.30. The van der Waals surface area contributed by atoms with Crippen LogP contribution in [0.2, 0.25) is 0 Å². The Hall–Kier alpha value is 0.400. The van der Waals surface area contributed by atoms with Gasteiger partial charge in [0.25, 0.3) is 0 Å². The molecule has 94 valence electrons.